The number of likely N-dealkylation sites (N-methyl/N-ethyl adjacent to an activating group) is 1. The Morgan fingerprint density at radius 2 is 1.92 bits per heavy atom. The molecule has 24 heavy (non-hydrogen) atoms. The van der Waals surface area contributed by atoms with Gasteiger partial charge in [0.15, 0.2) is 0 Å². The normalized spacial score (nSPS) is 26.5. The number of piperazine rings is 1. The second kappa shape index (κ2) is 7.23. The first kappa shape index (κ1) is 16.1. The predicted octanol–water partition coefficient (Wildman–Crippen LogP) is 1.51. The first-order valence-corrected chi connectivity index (χ1v) is 9.51. The Labute approximate surface area is 145 Å². The van der Waals surface area contributed by atoms with Crippen molar-refractivity contribution in [1.82, 2.24) is 19.8 Å². The lowest BCUT2D eigenvalue weighted by molar-refractivity contribution is 0.106. The van der Waals surface area contributed by atoms with E-state index in [-0.39, 0.29) is 0 Å². The van der Waals surface area contributed by atoms with Crippen LogP contribution in [0.3, 0.4) is 0 Å². The lowest BCUT2D eigenvalue weighted by atomic mass is 10.0. The predicted molar refractivity (Wildman–Crippen MR) is 97.6 cm³/mol. The number of nitrogens with zero attached hydrogens (tertiary/aromatic N) is 5. The fourth-order valence-corrected chi connectivity index (χ4v) is 3.94. The quantitative estimate of drug-likeness (QED) is 0.883. The van der Waals surface area contributed by atoms with Crippen LogP contribution >= 0.6 is 0 Å². The van der Waals surface area contributed by atoms with E-state index in [2.05, 4.69) is 43.1 Å². The molecular formula is C18H30N6. The summed E-state index contributed by atoms with van der Waals surface area (Å²) in [6.45, 7) is 7.97. The maximum Gasteiger partial charge on any atom is 0.134 e. The Bertz CT molecular complexity index is 538. The molecule has 0 bridgehead atoms. The highest BCUT2D eigenvalue weighted by Crippen LogP contribution is 2.29. The Kier molecular flexibility index (Phi) is 4.85. The van der Waals surface area contributed by atoms with Crippen LogP contribution in [0.5, 0.6) is 0 Å². The van der Waals surface area contributed by atoms with Gasteiger partial charge in [-0.1, -0.05) is 0 Å². The van der Waals surface area contributed by atoms with Gasteiger partial charge in [0.25, 0.3) is 0 Å². The molecule has 0 aromatic carbocycles. The standard InChI is InChI=1S/C18H30N6/c1-22-6-2-3-16(13-22)23-7-9-24(10-8-23)18-11-17(20-14-21-18)19-12-15-4-5-15/h11,14-16H,2-10,12-13H2,1H3,(H,19,20,21)/t16-/m0/s1. The Hall–Kier alpha value is -1.40. The van der Waals surface area contributed by atoms with E-state index in [4.69, 9.17) is 0 Å². The highest BCUT2D eigenvalue weighted by molar-refractivity contribution is 5.48. The van der Waals surface area contributed by atoms with E-state index in [1.54, 1.807) is 6.33 Å². The van der Waals surface area contributed by atoms with Crippen molar-refractivity contribution in [3.63, 3.8) is 0 Å². The molecule has 3 heterocycles. The van der Waals surface area contributed by atoms with Gasteiger partial charge in [0.1, 0.15) is 18.0 Å². The summed E-state index contributed by atoms with van der Waals surface area (Å²) in [6.07, 6.45) is 7.12. The lowest BCUT2D eigenvalue weighted by Crippen LogP contribution is -2.54. The molecule has 1 aromatic heterocycles. The third-order valence-electron chi connectivity index (χ3n) is 5.68. The lowest BCUT2D eigenvalue weighted by Gasteiger charge is -2.43. The number of aromatic nitrogens is 2. The fourth-order valence-electron chi connectivity index (χ4n) is 3.94. The topological polar surface area (TPSA) is 47.5 Å². The first-order chi connectivity index (χ1) is 11.8. The van der Waals surface area contributed by atoms with Crippen LogP contribution in [0.25, 0.3) is 0 Å². The molecule has 132 valence electrons. The zero-order valence-electron chi connectivity index (χ0n) is 14.8. The molecule has 6 nitrogen and oxygen atoms in total. The smallest absolute Gasteiger partial charge is 0.134 e. The monoisotopic (exact) mass is 330 g/mol. The van der Waals surface area contributed by atoms with Crippen molar-refractivity contribution in [2.24, 2.45) is 5.92 Å². The first-order valence-electron chi connectivity index (χ1n) is 9.51. The van der Waals surface area contributed by atoms with Crippen LogP contribution in [-0.2, 0) is 0 Å². The molecule has 1 saturated carbocycles. The average Bonchev–Trinajstić information content (AvgIpc) is 3.45. The Morgan fingerprint density at radius 3 is 2.67 bits per heavy atom. The number of hydrogen-bond acceptors (Lipinski definition) is 6. The van der Waals surface area contributed by atoms with Crippen molar-refractivity contribution < 1.29 is 0 Å². The minimum absolute atomic E-state index is 0.743. The molecule has 4 rings (SSSR count). The largest absolute Gasteiger partial charge is 0.370 e. The van der Waals surface area contributed by atoms with Crippen LogP contribution in [0.4, 0.5) is 11.6 Å². The molecule has 2 saturated heterocycles. The summed E-state index contributed by atoms with van der Waals surface area (Å²) in [7, 11) is 2.25. The molecule has 3 aliphatic rings. The van der Waals surface area contributed by atoms with Crippen LogP contribution in [0.1, 0.15) is 25.7 Å². The number of likely N-dealkylation sites (tertiary alicyclic amines) is 1. The van der Waals surface area contributed by atoms with Crippen molar-refractivity contribution in [3.8, 4) is 0 Å². The Morgan fingerprint density at radius 1 is 1.08 bits per heavy atom. The summed E-state index contributed by atoms with van der Waals surface area (Å²) in [5.74, 6) is 2.91. The van der Waals surface area contributed by atoms with E-state index in [9.17, 15) is 0 Å². The summed E-state index contributed by atoms with van der Waals surface area (Å²) >= 11 is 0. The number of nitrogens with one attached hydrogen (secondary N) is 1. The number of anilines is 2. The van der Waals surface area contributed by atoms with Gasteiger partial charge in [0.05, 0.1) is 0 Å². The van der Waals surface area contributed by atoms with Crippen LogP contribution in [0.2, 0.25) is 0 Å². The van der Waals surface area contributed by atoms with Gasteiger partial charge in [-0.25, -0.2) is 9.97 Å². The van der Waals surface area contributed by atoms with Gasteiger partial charge in [-0.05, 0) is 45.2 Å². The fraction of sp³-hybridized carbons (Fsp3) is 0.778. The molecule has 1 aliphatic carbocycles. The number of rotatable bonds is 5. The summed E-state index contributed by atoms with van der Waals surface area (Å²) in [5, 5.41) is 3.46. The summed E-state index contributed by atoms with van der Waals surface area (Å²) in [4.78, 5) is 16.4. The number of hydrogen-bond donors (Lipinski definition) is 1. The third-order valence-corrected chi connectivity index (χ3v) is 5.68. The van der Waals surface area contributed by atoms with Crippen molar-refractivity contribution in [3.05, 3.63) is 12.4 Å². The highest BCUT2D eigenvalue weighted by atomic mass is 15.3. The average molecular weight is 330 g/mol. The van der Waals surface area contributed by atoms with E-state index in [0.29, 0.717) is 0 Å². The Balaban J connectivity index is 1.31. The van der Waals surface area contributed by atoms with Crippen molar-refractivity contribution >= 4 is 11.6 Å². The zero-order valence-corrected chi connectivity index (χ0v) is 14.8. The van der Waals surface area contributed by atoms with Crippen molar-refractivity contribution in [1.29, 1.82) is 0 Å². The van der Waals surface area contributed by atoms with Gasteiger partial charge in [0.2, 0.25) is 0 Å². The van der Waals surface area contributed by atoms with Gasteiger partial charge in [-0.3, -0.25) is 4.90 Å². The summed E-state index contributed by atoms with van der Waals surface area (Å²) in [5.41, 5.74) is 0. The molecule has 6 heteroatoms. The maximum atomic E-state index is 4.50. The molecule has 2 aliphatic heterocycles. The van der Waals surface area contributed by atoms with Gasteiger partial charge < -0.3 is 15.1 Å². The maximum absolute atomic E-state index is 4.50. The van der Waals surface area contributed by atoms with E-state index in [0.717, 1.165) is 56.3 Å². The molecule has 1 aromatic rings. The van der Waals surface area contributed by atoms with E-state index >= 15 is 0 Å². The van der Waals surface area contributed by atoms with Crippen molar-refractivity contribution in [2.75, 3.05) is 63.1 Å². The molecule has 1 N–H and O–H groups in total. The minimum Gasteiger partial charge on any atom is -0.370 e. The van der Waals surface area contributed by atoms with Crippen LogP contribution in [0, 0.1) is 5.92 Å². The van der Waals surface area contributed by atoms with E-state index in [1.165, 1.54) is 38.8 Å². The molecule has 0 amide bonds. The number of piperidine rings is 1. The molecule has 0 spiro atoms. The molecule has 3 fully saturated rings. The summed E-state index contributed by atoms with van der Waals surface area (Å²) < 4.78 is 0. The van der Waals surface area contributed by atoms with E-state index in [1.807, 2.05) is 0 Å². The summed E-state index contributed by atoms with van der Waals surface area (Å²) in [6, 6.07) is 2.86. The third kappa shape index (κ3) is 3.98. The van der Waals surface area contributed by atoms with Crippen LogP contribution < -0.4 is 10.2 Å². The van der Waals surface area contributed by atoms with Gasteiger partial charge in [-0.2, -0.15) is 0 Å². The SMILES string of the molecule is CN1CCC[C@H](N2CCN(c3cc(NCC4CC4)ncn3)CC2)C1. The minimum atomic E-state index is 0.743. The molecule has 0 radical (unpaired) electrons. The van der Waals surface area contributed by atoms with E-state index < -0.39 is 0 Å². The zero-order chi connectivity index (χ0) is 16.4. The second-order valence-electron chi connectivity index (χ2n) is 7.67. The van der Waals surface area contributed by atoms with Crippen LogP contribution in [0.15, 0.2) is 12.4 Å². The molecule has 0 unspecified atom stereocenters. The van der Waals surface area contributed by atoms with Gasteiger partial charge in [-0.15, -0.1) is 0 Å². The van der Waals surface area contributed by atoms with Crippen LogP contribution in [-0.4, -0.2) is 78.7 Å². The molecular weight excluding hydrogens is 300 g/mol. The van der Waals surface area contributed by atoms with Gasteiger partial charge in [0, 0.05) is 51.4 Å². The highest BCUT2D eigenvalue weighted by Gasteiger charge is 2.27. The van der Waals surface area contributed by atoms with Gasteiger partial charge >= 0.3 is 0 Å². The van der Waals surface area contributed by atoms with Crippen molar-refractivity contribution in [2.45, 2.75) is 31.7 Å². The second-order valence-corrected chi connectivity index (χ2v) is 7.67. The molecule has 1 atom stereocenters.